The average molecular weight is 412 g/mol. The van der Waals surface area contributed by atoms with Crippen molar-refractivity contribution in [3.8, 4) is 11.3 Å². The zero-order chi connectivity index (χ0) is 21.1. The fraction of sp³-hybridized carbons (Fsp3) is 0.320. The number of aromatic nitrogens is 3. The fourth-order valence-corrected chi connectivity index (χ4v) is 5.45. The van der Waals surface area contributed by atoms with E-state index in [-0.39, 0.29) is 0 Å². The molecule has 0 spiro atoms. The third kappa shape index (κ3) is 2.97. The van der Waals surface area contributed by atoms with Gasteiger partial charge in [0, 0.05) is 41.6 Å². The van der Waals surface area contributed by atoms with Crippen molar-refractivity contribution in [2.24, 2.45) is 17.6 Å². The molecule has 1 saturated carbocycles. The zero-order valence-electron chi connectivity index (χ0n) is 17.6. The van der Waals surface area contributed by atoms with Gasteiger partial charge in [-0.25, -0.2) is 4.98 Å². The number of nitrogens with one attached hydrogen (secondary N) is 1. The Hall–Kier alpha value is -3.41. The summed E-state index contributed by atoms with van der Waals surface area (Å²) in [6, 6.07) is 12.2. The van der Waals surface area contributed by atoms with Gasteiger partial charge in [-0.1, -0.05) is 6.42 Å². The number of pyridine rings is 2. The average Bonchev–Trinajstić information content (AvgIpc) is 3.46. The van der Waals surface area contributed by atoms with E-state index < -0.39 is 5.91 Å². The first kappa shape index (κ1) is 18.4. The van der Waals surface area contributed by atoms with Crippen molar-refractivity contribution in [2.75, 3.05) is 18.0 Å². The standard InChI is InChI=1S/C25H25N5O/c1-14-5-6-15(11-27-14)21-10-20(25(26)31)24-23(28-21)19-8-7-18(9-22(19)29-24)30-12-16-3-2-4-17(16)13-30/h5-11,16-17,29H,2-4,12-13H2,1H3,(H2,26,31). The van der Waals surface area contributed by atoms with Crippen molar-refractivity contribution in [3.05, 3.63) is 53.9 Å². The molecule has 4 heterocycles. The lowest BCUT2D eigenvalue weighted by molar-refractivity contribution is 0.100. The minimum absolute atomic E-state index is 0.453. The quantitative estimate of drug-likeness (QED) is 0.522. The van der Waals surface area contributed by atoms with Crippen LogP contribution in [0.1, 0.15) is 35.3 Å². The van der Waals surface area contributed by atoms with Crippen LogP contribution in [0.15, 0.2) is 42.6 Å². The molecule has 3 N–H and O–H groups in total. The monoisotopic (exact) mass is 411 g/mol. The van der Waals surface area contributed by atoms with Crippen molar-refractivity contribution >= 4 is 33.5 Å². The lowest BCUT2D eigenvalue weighted by Crippen LogP contribution is -2.20. The predicted molar refractivity (Wildman–Crippen MR) is 123 cm³/mol. The van der Waals surface area contributed by atoms with E-state index >= 15 is 0 Å². The number of aryl methyl sites for hydroxylation is 1. The van der Waals surface area contributed by atoms with E-state index in [0.717, 1.165) is 52.6 Å². The van der Waals surface area contributed by atoms with Crippen LogP contribution in [0.4, 0.5) is 5.69 Å². The highest BCUT2D eigenvalue weighted by Gasteiger charge is 2.36. The molecule has 1 amide bonds. The van der Waals surface area contributed by atoms with Crippen LogP contribution < -0.4 is 10.6 Å². The van der Waals surface area contributed by atoms with E-state index in [4.69, 9.17) is 10.7 Å². The summed E-state index contributed by atoms with van der Waals surface area (Å²) in [5.41, 5.74) is 12.4. The van der Waals surface area contributed by atoms with Crippen molar-refractivity contribution in [1.82, 2.24) is 15.0 Å². The van der Waals surface area contributed by atoms with Gasteiger partial charge in [0.15, 0.2) is 0 Å². The number of amides is 1. The normalized spacial score (nSPS) is 20.6. The molecule has 1 aliphatic heterocycles. The van der Waals surface area contributed by atoms with Crippen LogP contribution in [0.3, 0.4) is 0 Å². The lowest BCUT2D eigenvalue weighted by Gasteiger charge is -2.19. The number of fused-ring (bicyclic) bond motifs is 4. The highest BCUT2D eigenvalue weighted by molar-refractivity contribution is 6.14. The van der Waals surface area contributed by atoms with Gasteiger partial charge in [-0.05, 0) is 68.0 Å². The van der Waals surface area contributed by atoms with Gasteiger partial charge in [0.25, 0.3) is 5.91 Å². The Morgan fingerprint density at radius 3 is 2.65 bits per heavy atom. The molecule has 156 valence electrons. The summed E-state index contributed by atoms with van der Waals surface area (Å²) in [4.78, 5) is 27.5. The SMILES string of the molecule is Cc1ccc(-c2cc(C(N)=O)c3[nH]c4cc(N5CC6CCCC6C5)ccc4c3n2)cn1. The summed E-state index contributed by atoms with van der Waals surface area (Å²) in [6.45, 7) is 4.23. The van der Waals surface area contributed by atoms with Crippen LogP contribution in [0.25, 0.3) is 33.2 Å². The van der Waals surface area contributed by atoms with Crippen LogP contribution in [-0.2, 0) is 0 Å². The number of anilines is 1. The third-order valence-corrected chi connectivity index (χ3v) is 7.10. The minimum Gasteiger partial charge on any atom is -0.371 e. The van der Waals surface area contributed by atoms with Gasteiger partial charge in [-0.3, -0.25) is 9.78 Å². The van der Waals surface area contributed by atoms with Crippen molar-refractivity contribution < 1.29 is 4.79 Å². The van der Waals surface area contributed by atoms with Crippen LogP contribution in [-0.4, -0.2) is 33.9 Å². The lowest BCUT2D eigenvalue weighted by atomic mass is 10.0. The number of hydrogen-bond donors (Lipinski definition) is 2. The minimum atomic E-state index is -0.465. The summed E-state index contributed by atoms with van der Waals surface area (Å²) in [6.07, 6.45) is 5.88. The number of aromatic amines is 1. The molecule has 31 heavy (non-hydrogen) atoms. The number of benzene rings is 1. The molecule has 2 unspecified atom stereocenters. The maximum Gasteiger partial charge on any atom is 0.250 e. The fourth-order valence-electron chi connectivity index (χ4n) is 5.45. The van der Waals surface area contributed by atoms with Gasteiger partial charge in [-0.15, -0.1) is 0 Å². The summed E-state index contributed by atoms with van der Waals surface area (Å²) < 4.78 is 0. The number of nitrogens with zero attached hydrogens (tertiary/aromatic N) is 3. The van der Waals surface area contributed by atoms with Gasteiger partial charge >= 0.3 is 0 Å². The molecular weight excluding hydrogens is 386 g/mol. The van der Waals surface area contributed by atoms with E-state index in [1.165, 1.54) is 24.9 Å². The van der Waals surface area contributed by atoms with Crippen LogP contribution in [0.2, 0.25) is 0 Å². The van der Waals surface area contributed by atoms with Crippen LogP contribution in [0.5, 0.6) is 0 Å². The van der Waals surface area contributed by atoms with E-state index in [1.807, 2.05) is 19.1 Å². The second-order valence-electron chi connectivity index (χ2n) is 9.04. The largest absolute Gasteiger partial charge is 0.371 e. The molecule has 3 aromatic heterocycles. The molecule has 1 aliphatic carbocycles. The molecule has 1 saturated heterocycles. The molecule has 0 bridgehead atoms. The zero-order valence-corrected chi connectivity index (χ0v) is 17.6. The van der Waals surface area contributed by atoms with Gasteiger partial charge in [0.1, 0.15) is 0 Å². The Labute approximate surface area is 180 Å². The van der Waals surface area contributed by atoms with E-state index in [1.54, 1.807) is 12.3 Å². The van der Waals surface area contributed by atoms with Gasteiger partial charge in [0.05, 0.1) is 27.8 Å². The highest BCUT2D eigenvalue weighted by atomic mass is 16.1. The van der Waals surface area contributed by atoms with Crippen molar-refractivity contribution in [2.45, 2.75) is 26.2 Å². The Morgan fingerprint density at radius 2 is 1.94 bits per heavy atom. The first-order chi connectivity index (χ1) is 15.1. The van der Waals surface area contributed by atoms with Gasteiger partial charge < -0.3 is 15.6 Å². The Bertz CT molecular complexity index is 1310. The molecule has 6 rings (SSSR count). The van der Waals surface area contributed by atoms with E-state index in [9.17, 15) is 4.79 Å². The molecule has 6 heteroatoms. The predicted octanol–water partition coefficient (Wildman–Crippen LogP) is 4.42. The Morgan fingerprint density at radius 1 is 1.13 bits per heavy atom. The molecule has 2 aliphatic rings. The summed E-state index contributed by atoms with van der Waals surface area (Å²) in [5, 5.41) is 1.00. The number of hydrogen-bond acceptors (Lipinski definition) is 4. The summed E-state index contributed by atoms with van der Waals surface area (Å²) >= 11 is 0. The molecule has 2 atom stereocenters. The first-order valence-electron chi connectivity index (χ1n) is 11.0. The van der Waals surface area contributed by atoms with Crippen molar-refractivity contribution in [3.63, 3.8) is 0 Å². The molecule has 0 radical (unpaired) electrons. The summed E-state index contributed by atoms with van der Waals surface area (Å²) in [5.74, 6) is 1.22. The van der Waals surface area contributed by atoms with Crippen LogP contribution >= 0.6 is 0 Å². The van der Waals surface area contributed by atoms with E-state index in [0.29, 0.717) is 16.8 Å². The first-order valence-corrected chi connectivity index (χ1v) is 11.0. The molecule has 4 aromatic rings. The second kappa shape index (κ2) is 6.80. The number of rotatable bonds is 3. The highest BCUT2D eigenvalue weighted by Crippen LogP contribution is 2.40. The molecular formula is C25H25N5O. The smallest absolute Gasteiger partial charge is 0.250 e. The second-order valence-corrected chi connectivity index (χ2v) is 9.04. The number of nitrogens with two attached hydrogens (primary N) is 1. The Balaban J connectivity index is 1.48. The maximum atomic E-state index is 12.3. The molecule has 2 fully saturated rings. The number of carbonyl (C=O) groups excluding carboxylic acids is 1. The third-order valence-electron chi connectivity index (χ3n) is 7.10. The van der Waals surface area contributed by atoms with Crippen molar-refractivity contribution in [1.29, 1.82) is 0 Å². The van der Waals surface area contributed by atoms with Gasteiger partial charge in [-0.2, -0.15) is 0 Å². The Kier molecular flexibility index (Phi) is 4.03. The number of carbonyl (C=O) groups is 1. The van der Waals surface area contributed by atoms with E-state index in [2.05, 4.69) is 33.1 Å². The van der Waals surface area contributed by atoms with Crippen LogP contribution in [0, 0.1) is 18.8 Å². The molecule has 6 nitrogen and oxygen atoms in total. The number of primary amides is 1. The number of H-pyrrole nitrogens is 1. The maximum absolute atomic E-state index is 12.3. The summed E-state index contributed by atoms with van der Waals surface area (Å²) in [7, 11) is 0. The van der Waals surface area contributed by atoms with Gasteiger partial charge in [0.2, 0.25) is 0 Å². The topological polar surface area (TPSA) is 87.9 Å². The molecule has 1 aromatic carbocycles.